The molecule has 17 heavy (non-hydrogen) atoms. The molecule has 1 aromatic carbocycles. The third-order valence-electron chi connectivity index (χ3n) is 2.43. The summed E-state index contributed by atoms with van der Waals surface area (Å²) in [6.07, 6.45) is -0.155. The van der Waals surface area contributed by atoms with E-state index in [1.807, 2.05) is 6.92 Å². The first-order valence-corrected chi connectivity index (χ1v) is 6.61. The molecule has 0 aliphatic carbocycles. The molecular weight excluding hydrogens is 242 g/mol. The molecule has 0 saturated carbocycles. The Morgan fingerprint density at radius 2 is 1.88 bits per heavy atom. The number of nitrogens with two attached hydrogens (primary N) is 1. The molecule has 0 aliphatic rings. The number of hydrogen-bond donors (Lipinski definition) is 1. The summed E-state index contributed by atoms with van der Waals surface area (Å²) in [7, 11) is -0.722. The van der Waals surface area contributed by atoms with Crippen LogP contribution in [0.15, 0.2) is 23.1 Å². The van der Waals surface area contributed by atoms with E-state index in [1.54, 1.807) is 12.1 Å². The molecule has 6 heteroatoms. The Hall–Kier alpha value is -0.950. The minimum absolute atomic E-state index is 0.113. The van der Waals surface area contributed by atoms with Gasteiger partial charge in [-0.2, -0.15) is 0 Å². The number of hydrogen-bond acceptors (Lipinski definition) is 4. The van der Waals surface area contributed by atoms with Gasteiger partial charge in [0.25, 0.3) is 0 Å². The minimum Gasteiger partial charge on any atom is -0.356 e. The maximum Gasteiger partial charge on any atom is 0.238 e. The van der Waals surface area contributed by atoms with Gasteiger partial charge >= 0.3 is 0 Å². The molecule has 0 amide bonds. The highest BCUT2D eigenvalue weighted by Crippen LogP contribution is 2.18. The molecule has 0 fully saturated rings. The van der Waals surface area contributed by atoms with E-state index in [9.17, 15) is 8.42 Å². The summed E-state index contributed by atoms with van der Waals surface area (Å²) in [5, 5.41) is 5.16. The van der Waals surface area contributed by atoms with E-state index in [-0.39, 0.29) is 4.90 Å². The predicted molar refractivity (Wildman–Crippen MR) is 64.1 cm³/mol. The van der Waals surface area contributed by atoms with Gasteiger partial charge in [-0.3, -0.25) is 0 Å². The zero-order valence-corrected chi connectivity index (χ0v) is 11.0. The largest absolute Gasteiger partial charge is 0.356 e. The summed E-state index contributed by atoms with van der Waals surface area (Å²) < 4.78 is 32.9. The minimum atomic E-state index is -3.72. The van der Waals surface area contributed by atoms with Crippen molar-refractivity contribution >= 4 is 10.0 Å². The first-order chi connectivity index (χ1) is 7.88. The van der Waals surface area contributed by atoms with Crippen molar-refractivity contribution in [1.82, 2.24) is 0 Å². The van der Waals surface area contributed by atoms with E-state index in [0.29, 0.717) is 12.0 Å². The molecule has 0 aromatic heterocycles. The molecule has 0 atom stereocenters. The van der Waals surface area contributed by atoms with E-state index >= 15 is 0 Å². The van der Waals surface area contributed by atoms with Crippen LogP contribution in [-0.4, -0.2) is 28.9 Å². The summed E-state index contributed by atoms with van der Waals surface area (Å²) in [5.41, 5.74) is 1.56. The Morgan fingerprint density at radius 1 is 1.29 bits per heavy atom. The Kier molecular flexibility index (Phi) is 4.64. The zero-order chi connectivity index (χ0) is 13.1. The molecule has 0 unspecified atom stereocenters. The van der Waals surface area contributed by atoms with Gasteiger partial charge in [-0.25, -0.2) is 13.6 Å². The maximum atomic E-state index is 11.4. The average Bonchev–Trinajstić information content (AvgIpc) is 2.24. The second kappa shape index (κ2) is 5.59. The van der Waals surface area contributed by atoms with Crippen molar-refractivity contribution in [3.05, 3.63) is 29.3 Å². The fraction of sp³-hybridized carbons (Fsp3) is 0.455. The molecule has 0 saturated heterocycles. The topological polar surface area (TPSA) is 78.6 Å². The van der Waals surface area contributed by atoms with Gasteiger partial charge in [0.1, 0.15) is 0 Å². The summed E-state index contributed by atoms with van der Waals surface area (Å²) >= 11 is 0. The Morgan fingerprint density at radius 3 is 2.35 bits per heavy atom. The molecule has 0 bridgehead atoms. The summed E-state index contributed by atoms with van der Waals surface area (Å²) in [5.74, 6) is 0. The number of methoxy groups -OCH3 is 2. The molecule has 0 radical (unpaired) electrons. The smallest absolute Gasteiger partial charge is 0.238 e. The summed E-state index contributed by atoms with van der Waals surface area (Å²) in [4.78, 5) is 0.113. The van der Waals surface area contributed by atoms with E-state index in [0.717, 1.165) is 5.56 Å². The second-order valence-corrected chi connectivity index (χ2v) is 5.29. The van der Waals surface area contributed by atoms with E-state index < -0.39 is 16.3 Å². The molecule has 96 valence electrons. The van der Waals surface area contributed by atoms with E-state index in [2.05, 4.69) is 0 Å². The predicted octanol–water partition coefficient (Wildman–Crippen LogP) is 0.804. The summed E-state index contributed by atoms with van der Waals surface area (Å²) in [6.45, 7) is 1.88. The molecule has 1 aromatic rings. The van der Waals surface area contributed by atoms with Crippen LogP contribution >= 0.6 is 0 Å². The lowest BCUT2D eigenvalue weighted by atomic mass is 10.1. The van der Waals surface area contributed by atoms with Crippen LogP contribution in [0.5, 0.6) is 0 Å². The van der Waals surface area contributed by atoms with Gasteiger partial charge in [0, 0.05) is 20.6 Å². The number of ether oxygens (including phenoxy) is 2. The van der Waals surface area contributed by atoms with Crippen LogP contribution in [0.25, 0.3) is 0 Å². The van der Waals surface area contributed by atoms with Crippen molar-refractivity contribution in [2.24, 2.45) is 5.14 Å². The second-order valence-electron chi connectivity index (χ2n) is 3.76. The van der Waals surface area contributed by atoms with Crippen LogP contribution < -0.4 is 5.14 Å². The van der Waals surface area contributed by atoms with Crippen LogP contribution in [0.3, 0.4) is 0 Å². The third-order valence-corrected chi connectivity index (χ3v) is 3.45. The average molecular weight is 259 g/mol. The number of sulfonamides is 1. The molecule has 0 heterocycles. The SMILES string of the molecule is COC(Cc1cc(C)ccc1S(N)(=O)=O)OC. The van der Waals surface area contributed by atoms with Crippen molar-refractivity contribution in [1.29, 1.82) is 0 Å². The first kappa shape index (κ1) is 14.1. The standard InChI is InChI=1S/C11H17NO4S/c1-8-4-5-10(17(12,13)14)9(6-8)7-11(15-2)16-3/h4-6,11H,7H2,1-3H3,(H2,12,13,14). The fourth-order valence-corrected chi connectivity index (χ4v) is 2.35. The molecule has 2 N–H and O–H groups in total. The normalized spacial score (nSPS) is 12.1. The van der Waals surface area contributed by atoms with Gasteiger partial charge < -0.3 is 9.47 Å². The Bertz CT molecular complexity index is 480. The van der Waals surface area contributed by atoms with Crippen LogP contribution in [0.1, 0.15) is 11.1 Å². The van der Waals surface area contributed by atoms with Crippen LogP contribution in [0, 0.1) is 6.92 Å². The number of rotatable bonds is 5. The lowest BCUT2D eigenvalue weighted by Gasteiger charge is -2.15. The number of primary sulfonamides is 1. The lowest BCUT2D eigenvalue weighted by Crippen LogP contribution is -2.20. The third kappa shape index (κ3) is 3.78. The van der Waals surface area contributed by atoms with E-state index in [1.165, 1.54) is 20.3 Å². The van der Waals surface area contributed by atoms with Gasteiger partial charge in [0.2, 0.25) is 10.0 Å². The van der Waals surface area contributed by atoms with Crippen molar-refractivity contribution in [2.75, 3.05) is 14.2 Å². The van der Waals surface area contributed by atoms with Crippen molar-refractivity contribution in [3.63, 3.8) is 0 Å². The van der Waals surface area contributed by atoms with Gasteiger partial charge in [-0.05, 0) is 18.6 Å². The highest BCUT2D eigenvalue weighted by molar-refractivity contribution is 7.89. The molecule has 1 rings (SSSR count). The molecule has 0 aliphatic heterocycles. The highest BCUT2D eigenvalue weighted by Gasteiger charge is 2.17. The van der Waals surface area contributed by atoms with E-state index in [4.69, 9.17) is 14.6 Å². The Balaban J connectivity index is 3.16. The van der Waals surface area contributed by atoms with Crippen molar-refractivity contribution < 1.29 is 17.9 Å². The van der Waals surface area contributed by atoms with Crippen LogP contribution in [-0.2, 0) is 25.9 Å². The highest BCUT2D eigenvalue weighted by atomic mass is 32.2. The van der Waals surface area contributed by atoms with Gasteiger partial charge in [0.05, 0.1) is 4.90 Å². The van der Waals surface area contributed by atoms with Crippen LogP contribution in [0.4, 0.5) is 0 Å². The molecular formula is C11H17NO4S. The van der Waals surface area contributed by atoms with Crippen LogP contribution in [0.2, 0.25) is 0 Å². The number of aryl methyl sites for hydroxylation is 1. The van der Waals surface area contributed by atoms with Crippen molar-refractivity contribution in [3.8, 4) is 0 Å². The fourth-order valence-electron chi connectivity index (χ4n) is 1.59. The quantitative estimate of drug-likeness (QED) is 0.793. The van der Waals surface area contributed by atoms with Crippen molar-refractivity contribution in [2.45, 2.75) is 24.5 Å². The maximum absolute atomic E-state index is 11.4. The molecule has 5 nitrogen and oxygen atoms in total. The lowest BCUT2D eigenvalue weighted by molar-refractivity contribution is -0.101. The first-order valence-electron chi connectivity index (χ1n) is 5.06. The van der Waals surface area contributed by atoms with Gasteiger partial charge in [-0.1, -0.05) is 17.7 Å². The van der Waals surface area contributed by atoms with Gasteiger partial charge in [0.15, 0.2) is 6.29 Å². The number of benzene rings is 1. The Labute approximate surface area is 102 Å². The van der Waals surface area contributed by atoms with Gasteiger partial charge in [-0.15, -0.1) is 0 Å². The summed E-state index contributed by atoms with van der Waals surface area (Å²) in [6, 6.07) is 4.98. The molecule has 0 spiro atoms. The zero-order valence-electron chi connectivity index (χ0n) is 10.1. The monoisotopic (exact) mass is 259 g/mol.